The molecule has 2 bridgehead atoms. The number of fused-ring (bicyclic) bond motifs is 6. The van der Waals surface area contributed by atoms with Crippen LogP contribution < -0.4 is 26.2 Å². The molecule has 5 aliphatic rings. The molecule has 5 N–H and O–H groups in total. The molecule has 220 valence electrons. The van der Waals surface area contributed by atoms with Gasteiger partial charge < -0.3 is 20.2 Å². The quantitative estimate of drug-likeness (QED) is 0.358. The summed E-state index contributed by atoms with van der Waals surface area (Å²) in [6.07, 6.45) is 10.8. The summed E-state index contributed by atoms with van der Waals surface area (Å²) in [6, 6.07) is 9.42. The maximum absolute atomic E-state index is 13.6. The molecule has 5 heterocycles. The normalized spacial score (nSPS) is 36.6. The smallest absolute Gasteiger partial charge is 0.244 e. The van der Waals surface area contributed by atoms with E-state index in [0.29, 0.717) is 19.1 Å². The number of anilines is 2. The highest BCUT2D eigenvalue weighted by molar-refractivity contribution is 5.82. The van der Waals surface area contributed by atoms with Gasteiger partial charge in [-0.05, 0) is 90.2 Å². The first-order chi connectivity index (χ1) is 19.3. The second-order valence-corrected chi connectivity index (χ2v) is 12.8. The van der Waals surface area contributed by atoms with Crippen molar-refractivity contribution < 1.29 is 9.90 Å². The zero-order chi connectivity index (χ0) is 27.9. The fourth-order valence-electron chi connectivity index (χ4n) is 7.31. The predicted octanol–water partition coefficient (Wildman–Crippen LogP) is 1.68. The molecule has 5 aliphatic heterocycles. The van der Waals surface area contributed by atoms with Crippen LogP contribution in [0.5, 0.6) is 0 Å². The lowest BCUT2D eigenvalue weighted by molar-refractivity contribution is -0.146. The van der Waals surface area contributed by atoms with Crippen molar-refractivity contribution in [2.45, 2.75) is 88.2 Å². The van der Waals surface area contributed by atoms with Crippen molar-refractivity contribution in [2.75, 3.05) is 50.5 Å². The zero-order valence-electron chi connectivity index (χ0n) is 24.4. The van der Waals surface area contributed by atoms with Gasteiger partial charge in [-0.15, -0.1) is 0 Å². The molecule has 10 nitrogen and oxygen atoms in total. The van der Waals surface area contributed by atoms with Gasteiger partial charge in [-0.1, -0.05) is 12.2 Å². The van der Waals surface area contributed by atoms with E-state index in [4.69, 9.17) is 0 Å². The SMILES string of the molecule is CN(C)C1CCN(c2ccc(NC3NCC4C(=O)N5C/C=C\CCC(C)(O)C6CCCC(N6)N5C4N3)cc2)CC1. The Kier molecular flexibility index (Phi) is 8.09. The highest BCUT2D eigenvalue weighted by Crippen LogP contribution is 2.34. The molecule has 1 aromatic carbocycles. The first kappa shape index (κ1) is 27.9. The molecule has 6 unspecified atom stereocenters. The second kappa shape index (κ2) is 11.6. The Labute approximate surface area is 239 Å². The summed E-state index contributed by atoms with van der Waals surface area (Å²) in [5.41, 5.74) is 1.54. The van der Waals surface area contributed by atoms with Crippen molar-refractivity contribution in [3.63, 3.8) is 0 Å². The van der Waals surface area contributed by atoms with Gasteiger partial charge >= 0.3 is 0 Å². The first-order valence-corrected chi connectivity index (χ1v) is 15.3. The maximum atomic E-state index is 13.6. The molecule has 40 heavy (non-hydrogen) atoms. The van der Waals surface area contributed by atoms with E-state index in [9.17, 15) is 9.90 Å². The first-order valence-electron chi connectivity index (χ1n) is 15.3. The lowest BCUT2D eigenvalue weighted by Gasteiger charge is -2.47. The predicted molar refractivity (Wildman–Crippen MR) is 158 cm³/mol. The van der Waals surface area contributed by atoms with E-state index >= 15 is 0 Å². The summed E-state index contributed by atoms with van der Waals surface area (Å²) in [6.45, 7) is 5.30. The summed E-state index contributed by atoms with van der Waals surface area (Å²) in [4.78, 5) is 18.4. The molecule has 0 radical (unpaired) electrons. The summed E-state index contributed by atoms with van der Waals surface area (Å²) in [5.74, 6) is -0.00466. The number of benzene rings is 1. The van der Waals surface area contributed by atoms with Crippen molar-refractivity contribution >= 4 is 17.3 Å². The van der Waals surface area contributed by atoms with E-state index in [1.807, 2.05) is 11.9 Å². The summed E-state index contributed by atoms with van der Waals surface area (Å²) in [5, 5.41) is 30.0. The highest BCUT2D eigenvalue weighted by atomic mass is 16.3. The van der Waals surface area contributed by atoms with Gasteiger partial charge in [-0.3, -0.25) is 25.8 Å². The number of piperidine rings is 2. The van der Waals surface area contributed by atoms with Crippen LogP contribution in [0.2, 0.25) is 0 Å². The van der Waals surface area contributed by atoms with Gasteiger partial charge in [0.05, 0.1) is 30.4 Å². The van der Waals surface area contributed by atoms with Gasteiger partial charge in [0.1, 0.15) is 6.29 Å². The van der Waals surface area contributed by atoms with Gasteiger partial charge in [-0.25, -0.2) is 0 Å². The number of nitrogens with one attached hydrogen (secondary N) is 4. The Bertz CT molecular complexity index is 1050. The van der Waals surface area contributed by atoms with Crippen molar-refractivity contribution in [1.82, 2.24) is 30.9 Å². The Balaban J connectivity index is 1.13. The summed E-state index contributed by atoms with van der Waals surface area (Å²) in [7, 11) is 4.36. The third-order valence-corrected chi connectivity index (χ3v) is 9.83. The molecule has 4 fully saturated rings. The number of allylic oxidation sites excluding steroid dienone is 1. The highest BCUT2D eigenvalue weighted by Gasteiger charge is 2.52. The second-order valence-electron chi connectivity index (χ2n) is 12.8. The molecule has 1 amide bonds. The standard InChI is InChI=1S/C30H48N8O2/c1-30(40)16-5-4-6-17-37-28(39)24-20-31-29(34-27(24)38(37)26-9-7-8-25(30)33-26)32-21-10-12-23(13-11-21)36-18-14-22(15-19-36)35(2)3/h4,6,10-13,22,24-27,29,31-34,40H,5,7-9,14-20H2,1-3H3/b6-4-. The van der Waals surface area contributed by atoms with E-state index in [2.05, 4.69) is 86.6 Å². The molecule has 6 rings (SSSR count). The molecule has 6 atom stereocenters. The third kappa shape index (κ3) is 5.62. The molecular formula is C30H48N8O2. The minimum atomic E-state index is -0.776. The van der Waals surface area contributed by atoms with Crippen LogP contribution in [0.25, 0.3) is 0 Å². The van der Waals surface area contributed by atoms with Crippen LogP contribution in [-0.2, 0) is 4.79 Å². The molecule has 0 aliphatic carbocycles. The Morgan fingerprint density at radius 2 is 1.82 bits per heavy atom. The van der Waals surface area contributed by atoms with Gasteiger partial charge in [0, 0.05) is 43.1 Å². The number of nitrogens with zero attached hydrogens (tertiary/aromatic N) is 4. The average molecular weight is 553 g/mol. The number of carbonyl (C=O) groups is 1. The Morgan fingerprint density at radius 1 is 1.05 bits per heavy atom. The molecular weight excluding hydrogens is 504 g/mol. The van der Waals surface area contributed by atoms with E-state index < -0.39 is 5.60 Å². The molecule has 10 heteroatoms. The maximum Gasteiger partial charge on any atom is 0.244 e. The Morgan fingerprint density at radius 3 is 2.58 bits per heavy atom. The summed E-state index contributed by atoms with van der Waals surface area (Å²) >= 11 is 0. The molecule has 4 saturated heterocycles. The van der Waals surface area contributed by atoms with Gasteiger partial charge in [0.2, 0.25) is 5.91 Å². The van der Waals surface area contributed by atoms with Crippen LogP contribution in [0, 0.1) is 5.92 Å². The Hall–Kier alpha value is -2.21. The van der Waals surface area contributed by atoms with Crippen LogP contribution in [-0.4, -0.2) is 103 Å². The van der Waals surface area contributed by atoms with E-state index in [0.717, 1.165) is 50.9 Å². The van der Waals surface area contributed by atoms with Crippen molar-refractivity contribution in [2.24, 2.45) is 5.92 Å². The number of carbonyl (C=O) groups excluding carboxylic acids is 1. The van der Waals surface area contributed by atoms with E-state index in [-0.39, 0.29) is 36.5 Å². The van der Waals surface area contributed by atoms with Gasteiger partial charge in [0.25, 0.3) is 0 Å². The van der Waals surface area contributed by atoms with Crippen LogP contribution in [0.3, 0.4) is 0 Å². The van der Waals surface area contributed by atoms with E-state index in [1.165, 1.54) is 18.5 Å². The summed E-state index contributed by atoms with van der Waals surface area (Å²) < 4.78 is 0. The monoisotopic (exact) mass is 552 g/mol. The minimum absolute atomic E-state index is 0.00200. The number of amides is 1. The lowest BCUT2D eigenvalue weighted by Crippen LogP contribution is -2.69. The van der Waals surface area contributed by atoms with Crippen LogP contribution in [0.15, 0.2) is 36.4 Å². The van der Waals surface area contributed by atoms with Gasteiger partial charge in [0.15, 0.2) is 0 Å². The van der Waals surface area contributed by atoms with Crippen LogP contribution >= 0.6 is 0 Å². The third-order valence-electron chi connectivity index (χ3n) is 9.83. The number of rotatable bonds is 4. The molecule has 1 aromatic rings. The fourth-order valence-corrected chi connectivity index (χ4v) is 7.31. The van der Waals surface area contributed by atoms with Crippen LogP contribution in [0.1, 0.15) is 51.9 Å². The van der Waals surface area contributed by atoms with Crippen molar-refractivity contribution in [3.8, 4) is 0 Å². The number of hydrogen-bond acceptors (Lipinski definition) is 9. The topological polar surface area (TPSA) is 98.4 Å². The fraction of sp³-hybridized carbons (Fsp3) is 0.700. The average Bonchev–Trinajstić information content (AvgIpc) is 3.23. The molecule has 0 aromatic heterocycles. The van der Waals surface area contributed by atoms with Crippen molar-refractivity contribution in [1.29, 1.82) is 0 Å². The largest absolute Gasteiger partial charge is 0.389 e. The van der Waals surface area contributed by atoms with Crippen molar-refractivity contribution in [3.05, 3.63) is 36.4 Å². The number of hydrazine groups is 1. The van der Waals surface area contributed by atoms with E-state index in [1.54, 1.807) is 0 Å². The van der Waals surface area contributed by atoms with Gasteiger partial charge in [-0.2, -0.15) is 5.01 Å². The van der Waals surface area contributed by atoms with Crippen LogP contribution in [0.4, 0.5) is 11.4 Å². The zero-order valence-corrected chi connectivity index (χ0v) is 24.4. The molecule has 0 saturated carbocycles. The minimum Gasteiger partial charge on any atom is -0.389 e. The lowest BCUT2D eigenvalue weighted by atomic mass is 9.85. The number of aliphatic hydroxyl groups is 1. The molecule has 0 spiro atoms. The number of hydrogen-bond donors (Lipinski definition) is 5.